The van der Waals surface area contributed by atoms with Crippen LogP contribution in [0.5, 0.6) is 0 Å². The fraction of sp³-hybridized carbons (Fsp3) is 0.455. The lowest BCUT2D eigenvalue weighted by Gasteiger charge is -2.03. The number of rotatable bonds is 4. The lowest BCUT2D eigenvalue weighted by molar-refractivity contribution is 0.686. The first-order valence-electron chi connectivity index (χ1n) is 5.26. The minimum absolute atomic E-state index is 0.557. The second-order valence-electron chi connectivity index (χ2n) is 3.74. The van der Waals surface area contributed by atoms with E-state index < -0.39 is 10.8 Å². The molecular weight excluding hydrogens is 208 g/mol. The van der Waals surface area contributed by atoms with Crippen molar-refractivity contribution < 1.29 is 4.21 Å². The number of aryl methyl sites for hydroxylation is 1. The molecule has 0 aromatic heterocycles. The Morgan fingerprint density at radius 2 is 2.27 bits per heavy atom. The lowest BCUT2D eigenvalue weighted by Crippen LogP contribution is -1.99. The van der Waals surface area contributed by atoms with E-state index in [1.165, 1.54) is 5.56 Å². The van der Waals surface area contributed by atoms with Gasteiger partial charge in [0.05, 0.1) is 27.3 Å². The molecular formula is C11H16N2OS. The first-order chi connectivity index (χ1) is 7.31. The van der Waals surface area contributed by atoms with E-state index in [-0.39, 0.29) is 0 Å². The van der Waals surface area contributed by atoms with Gasteiger partial charge in [-0.25, -0.2) is 0 Å². The third-order valence-corrected chi connectivity index (χ3v) is 3.84. The zero-order valence-corrected chi connectivity index (χ0v) is 9.48. The van der Waals surface area contributed by atoms with Crippen LogP contribution < -0.4 is 11.1 Å². The summed E-state index contributed by atoms with van der Waals surface area (Å²) < 4.78 is 11.6. The van der Waals surface area contributed by atoms with Gasteiger partial charge < -0.3 is 11.1 Å². The Morgan fingerprint density at radius 1 is 1.40 bits per heavy atom. The standard InChI is InChI=1S/C11H16N2OS/c12-6-2-1-3-9-4-5-10-11(7-9)15(14)8-13-10/h4-5,7,13H,1-3,6,8,12H2. The molecule has 4 heteroatoms. The summed E-state index contributed by atoms with van der Waals surface area (Å²) in [7, 11) is -0.851. The van der Waals surface area contributed by atoms with Crippen molar-refractivity contribution in [3.8, 4) is 0 Å². The van der Waals surface area contributed by atoms with Crippen molar-refractivity contribution in [2.75, 3.05) is 17.7 Å². The second-order valence-corrected chi connectivity index (χ2v) is 5.16. The highest BCUT2D eigenvalue weighted by molar-refractivity contribution is 7.85. The molecule has 1 aliphatic rings. The second kappa shape index (κ2) is 4.77. The van der Waals surface area contributed by atoms with Gasteiger partial charge in [0, 0.05) is 0 Å². The third-order valence-electron chi connectivity index (χ3n) is 2.60. The van der Waals surface area contributed by atoms with E-state index in [0.29, 0.717) is 5.88 Å². The van der Waals surface area contributed by atoms with Crippen LogP contribution in [0.3, 0.4) is 0 Å². The number of nitrogens with one attached hydrogen (secondary N) is 1. The van der Waals surface area contributed by atoms with Crippen LogP contribution in [0.1, 0.15) is 18.4 Å². The molecule has 0 saturated heterocycles. The van der Waals surface area contributed by atoms with Crippen molar-refractivity contribution in [3.05, 3.63) is 23.8 Å². The molecule has 0 saturated carbocycles. The van der Waals surface area contributed by atoms with Crippen LogP contribution >= 0.6 is 0 Å². The average molecular weight is 224 g/mol. The smallest absolute Gasteiger partial charge is 0.0959 e. The molecule has 82 valence electrons. The average Bonchev–Trinajstić information content (AvgIpc) is 2.61. The van der Waals surface area contributed by atoms with Crippen LogP contribution in [0.25, 0.3) is 0 Å². The van der Waals surface area contributed by atoms with Crippen molar-refractivity contribution in [1.29, 1.82) is 0 Å². The summed E-state index contributed by atoms with van der Waals surface area (Å²) in [6.07, 6.45) is 3.19. The Kier molecular flexibility index (Phi) is 3.38. The lowest BCUT2D eigenvalue weighted by atomic mass is 10.1. The van der Waals surface area contributed by atoms with Gasteiger partial charge in [0.2, 0.25) is 0 Å². The molecule has 0 bridgehead atoms. The Morgan fingerprint density at radius 3 is 3.07 bits per heavy atom. The summed E-state index contributed by atoms with van der Waals surface area (Å²) in [6, 6.07) is 6.19. The summed E-state index contributed by atoms with van der Waals surface area (Å²) >= 11 is 0. The molecule has 0 radical (unpaired) electrons. The normalized spacial score (nSPS) is 18.6. The summed E-state index contributed by atoms with van der Waals surface area (Å²) in [5.41, 5.74) is 7.73. The van der Waals surface area contributed by atoms with Gasteiger partial charge in [-0.15, -0.1) is 0 Å². The SMILES string of the molecule is NCCCCc1ccc2c(c1)S(=O)CN2. The largest absolute Gasteiger partial charge is 0.372 e. The molecule has 0 amide bonds. The van der Waals surface area contributed by atoms with Crippen molar-refractivity contribution in [2.45, 2.75) is 24.2 Å². The molecule has 0 spiro atoms. The molecule has 0 aliphatic carbocycles. The number of hydrogen-bond acceptors (Lipinski definition) is 3. The van der Waals surface area contributed by atoms with Crippen molar-refractivity contribution >= 4 is 16.5 Å². The molecule has 1 aromatic rings. The Labute approximate surface area is 92.5 Å². The number of nitrogens with two attached hydrogens (primary N) is 1. The Balaban J connectivity index is 2.08. The number of benzene rings is 1. The Hall–Kier alpha value is -0.870. The quantitative estimate of drug-likeness (QED) is 0.761. The van der Waals surface area contributed by atoms with Crippen molar-refractivity contribution in [1.82, 2.24) is 0 Å². The first-order valence-corrected chi connectivity index (χ1v) is 6.58. The highest BCUT2D eigenvalue weighted by Crippen LogP contribution is 2.27. The summed E-state index contributed by atoms with van der Waals surface area (Å²) in [4.78, 5) is 0.959. The van der Waals surface area contributed by atoms with E-state index in [1.807, 2.05) is 6.07 Å². The minimum atomic E-state index is -0.851. The highest BCUT2D eigenvalue weighted by atomic mass is 32.2. The van der Waals surface area contributed by atoms with Gasteiger partial charge in [-0.2, -0.15) is 0 Å². The van der Waals surface area contributed by atoms with E-state index >= 15 is 0 Å². The molecule has 0 fully saturated rings. The van der Waals surface area contributed by atoms with Crippen molar-refractivity contribution in [2.24, 2.45) is 5.73 Å². The number of anilines is 1. The number of fused-ring (bicyclic) bond motifs is 1. The highest BCUT2D eigenvalue weighted by Gasteiger charge is 2.17. The number of unbranched alkanes of at least 4 members (excludes halogenated alkanes) is 1. The maximum Gasteiger partial charge on any atom is 0.0959 e. The van der Waals surface area contributed by atoms with Gasteiger partial charge in [-0.3, -0.25) is 4.21 Å². The minimum Gasteiger partial charge on any atom is -0.372 e. The summed E-state index contributed by atoms with van der Waals surface area (Å²) in [5.74, 6) is 0.557. The maximum atomic E-state index is 11.6. The van der Waals surface area contributed by atoms with Gasteiger partial charge in [0.15, 0.2) is 0 Å². The maximum absolute atomic E-state index is 11.6. The number of hydrogen-bond donors (Lipinski definition) is 2. The molecule has 1 aliphatic heterocycles. The van der Waals surface area contributed by atoms with Gasteiger partial charge >= 0.3 is 0 Å². The van der Waals surface area contributed by atoms with Gasteiger partial charge in [-0.05, 0) is 43.5 Å². The summed E-state index contributed by atoms with van der Waals surface area (Å²) in [6.45, 7) is 0.748. The van der Waals surface area contributed by atoms with E-state index in [9.17, 15) is 4.21 Å². The van der Waals surface area contributed by atoms with Gasteiger partial charge in [0.1, 0.15) is 0 Å². The van der Waals surface area contributed by atoms with Gasteiger partial charge in [-0.1, -0.05) is 6.07 Å². The van der Waals surface area contributed by atoms with Crippen LogP contribution in [0.4, 0.5) is 5.69 Å². The molecule has 1 unspecified atom stereocenters. The zero-order valence-electron chi connectivity index (χ0n) is 8.66. The molecule has 1 atom stereocenters. The summed E-state index contributed by atoms with van der Waals surface area (Å²) in [5, 5.41) is 3.12. The predicted molar refractivity (Wildman–Crippen MR) is 63.3 cm³/mol. The van der Waals surface area contributed by atoms with E-state index in [1.54, 1.807) is 0 Å². The molecule has 3 nitrogen and oxygen atoms in total. The molecule has 1 aromatic carbocycles. The molecule has 2 rings (SSSR count). The van der Waals surface area contributed by atoms with Gasteiger partial charge in [0.25, 0.3) is 0 Å². The van der Waals surface area contributed by atoms with Crippen LogP contribution in [0, 0.1) is 0 Å². The first kappa shape index (κ1) is 10.6. The van der Waals surface area contributed by atoms with E-state index in [2.05, 4.69) is 17.4 Å². The van der Waals surface area contributed by atoms with E-state index in [0.717, 1.165) is 36.4 Å². The zero-order chi connectivity index (χ0) is 10.7. The monoisotopic (exact) mass is 224 g/mol. The van der Waals surface area contributed by atoms with Crippen LogP contribution in [-0.4, -0.2) is 16.6 Å². The third kappa shape index (κ3) is 2.38. The van der Waals surface area contributed by atoms with Crippen LogP contribution in [0.15, 0.2) is 23.1 Å². The van der Waals surface area contributed by atoms with Crippen molar-refractivity contribution in [3.63, 3.8) is 0 Å². The molecule has 15 heavy (non-hydrogen) atoms. The fourth-order valence-electron chi connectivity index (χ4n) is 1.75. The molecule has 3 N–H and O–H groups in total. The van der Waals surface area contributed by atoms with Crippen LogP contribution in [0.2, 0.25) is 0 Å². The fourth-order valence-corrected chi connectivity index (χ4v) is 2.86. The molecule has 1 heterocycles. The predicted octanol–water partition coefficient (Wildman–Crippen LogP) is 1.46. The topological polar surface area (TPSA) is 55.1 Å². The Bertz CT molecular complexity index is 379. The van der Waals surface area contributed by atoms with E-state index in [4.69, 9.17) is 5.73 Å². The van der Waals surface area contributed by atoms with Crippen LogP contribution in [-0.2, 0) is 17.2 Å².